The first kappa shape index (κ1) is 13.4. The first-order valence-corrected chi connectivity index (χ1v) is 5.53. The molecule has 10 nitrogen and oxygen atoms in total. The number of nitro groups is 2. The molecule has 20 heavy (non-hydrogen) atoms. The van der Waals surface area contributed by atoms with Crippen LogP contribution in [0.25, 0.3) is 0 Å². The molecule has 0 aliphatic carbocycles. The fraction of sp³-hybridized carbons (Fsp3) is 0.200. The van der Waals surface area contributed by atoms with Crippen molar-refractivity contribution < 1.29 is 9.85 Å². The Bertz CT molecular complexity index is 641. The Hall–Kier alpha value is -3.04. The van der Waals surface area contributed by atoms with Crippen molar-refractivity contribution >= 4 is 17.1 Å². The Kier molecular flexibility index (Phi) is 3.55. The molecule has 10 heteroatoms. The van der Waals surface area contributed by atoms with Gasteiger partial charge in [0.15, 0.2) is 0 Å². The lowest BCUT2D eigenvalue weighted by Gasteiger charge is -2.12. The number of hydrogen-bond donors (Lipinski definition) is 2. The number of nitro benzene ring substituents is 2. The summed E-state index contributed by atoms with van der Waals surface area (Å²) in [5.74, 6) is 0.498. The minimum atomic E-state index is -0.684. The SMILES string of the molecule is CC(Nc1ccc([N+](=O)[O-])cc1[N+](=O)[O-])c1ncn[nH]1. The number of non-ortho nitro benzene ring substituents is 1. The van der Waals surface area contributed by atoms with E-state index in [-0.39, 0.29) is 23.1 Å². The number of anilines is 1. The van der Waals surface area contributed by atoms with E-state index in [0.29, 0.717) is 5.82 Å². The molecule has 2 aromatic rings. The number of nitrogens with zero attached hydrogens (tertiary/aromatic N) is 4. The summed E-state index contributed by atoms with van der Waals surface area (Å²) in [6.07, 6.45) is 1.32. The summed E-state index contributed by atoms with van der Waals surface area (Å²) in [5, 5.41) is 30.8. The van der Waals surface area contributed by atoms with Gasteiger partial charge in [0.2, 0.25) is 0 Å². The Balaban J connectivity index is 2.31. The highest BCUT2D eigenvalue weighted by Crippen LogP contribution is 2.30. The number of hydrogen-bond acceptors (Lipinski definition) is 7. The van der Waals surface area contributed by atoms with Gasteiger partial charge >= 0.3 is 0 Å². The summed E-state index contributed by atoms with van der Waals surface area (Å²) in [4.78, 5) is 24.2. The van der Waals surface area contributed by atoms with Gasteiger partial charge in [0.05, 0.1) is 22.0 Å². The van der Waals surface area contributed by atoms with Gasteiger partial charge in [-0.3, -0.25) is 25.3 Å². The van der Waals surface area contributed by atoms with Crippen LogP contribution in [0.15, 0.2) is 24.5 Å². The van der Waals surface area contributed by atoms with E-state index in [1.165, 1.54) is 18.5 Å². The fourth-order valence-corrected chi connectivity index (χ4v) is 1.63. The third-order valence-electron chi connectivity index (χ3n) is 2.60. The Morgan fingerprint density at radius 1 is 1.30 bits per heavy atom. The Morgan fingerprint density at radius 2 is 2.05 bits per heavy atom. The van der Waals surface area contributed by atoms with Crippen LogP contribution in [-0.4, -0.2) is 25.0 Å². The molecule has 2 rings (SSSR count). The maximum Gasteiger partial charge on any atom is 0.299 e. The number of H-pyrrole nitrogens is 1. The van der Waals surface area contributed by atoms with Crippen molar-refractivity contribution in [2.75, 3.05) is 5.32 Å². The Labute approximate surface area is 112 Å². The van der Waals surface area contributed by atoms with Crippen LogP contribution in [0.4, 0.5) is 17.1 Å². The molecule has 0 aliphatic heterocycles. The average Bonchev–Trinajstić information content (AvgIpc) is 2.92. The van der Waals surface area contributed by atoms with Crippen LogP contribution in [0.3, 0.4) is 0 Å². The standard InChI is InChI=1S/C10H10N6O4/c1-6(10-11-5-12-14-10)13-8-3-2-7(15(17)18)4-9(8)16(19)20/h2-6,13H,1H3,(H,11,12,14). The number of aromatic nitrogens is 3. The minimum absolute atomic E-state index is 0.171. The molecule has 1 aromatic heterocycles. The molecule has 104 valence electrons. The molecule has 1 unspecified atom stereocenters. The third kappa shape index (κ3) is 2.68. The second kappa shape index (κ2) is 5.30. The highest BCUT2D eigenvalue weighted by molar-refractivity contribution is 5.65. The van der Waals surface area contributed by atoms with Gasteiger partial charge in [0.25, 0.3) is 11.4 Å². The molecule has 2 N–H and O–H groups in total. The normalized spacial score (nSPS) is 11.8. The molecular formula is C10H10N6O4. The number of aromatic amines is 1. The molecule has 0 radical (unpaired) electrons. The second-order valence-corrected chi connectivity index (χ2v) is 3.95. The van der Waals surface area contributed by atoms with Crippen LogP contribution in [0.1, 0.15) is 18.8 Å². The molecule has 0 saturated carbocycles. The van der Waals surface area contributed by atoms with E-state index in [1.54, 1.807) is 6.92 Å². The second-order valence-electron chi connectivity index (χ2n) is 3.95. The van der Waals surface area contributed by atoms with E-state index in [4.69, 9.17) is 0 Å². The summed E-state index contributed by atoms with van der Waals surface area (Å²) in [6.45, 7) is 1.73. The van der Waals surface area contributed by atoms with Crippen LogP contribution in [-0.2, 0) is 0 Å². The number of nitrogens with one attached hydrogen (secondary N) is 2. The highest BCUT2D eigenvalue weighted by atomic mass is 16.6. The molecule has 0 spiro atoms. The van der Waals surface area contributed by atoms with E-state index < -0.39 is 9.85 Å². The van der Waals surface area contributed by atoms with Crippen molar-refractivity contribution in [1.29, 1.82) is 0 Å². The van der Waals surface area contributed by atoms with Gasteiger partial charge < -0.3 is 5.32 Å². The molecular weight excluding hydrogens is 268 g/mol. The molecule has 0 aliphatic rings. The fourth-order valence-electron chi connectivity index (χ4n) is 1.63. The van der Waals surface area contributed by atoms with E-state index in [0.717, 1.165) is 6.07 Å². The van der Waals surface area contributed by atoms with Gasteiger partial charge in [-0.1, -0.05) is 0 Å². The molecule has 1 heterocycles. The van der Waals surface area contributed by atoms with Gasteiger partial charge in [-0.05, 0) is 13.0 Å². The van der Waals surface area contributed by atoms with E-state index in [2.05, 4.69) is 20.5 Å². The van der Waals surface area contributed by atoms with Crippen molar-refractivity contribution in [1.82, 2.24) is 15.2 Å². The van der Waals surface area contributed by atoms with Gasteiger partial charge in [-0.2, -0.15) is 5.10 Å². The lowest BCUT2D eigenvalue weighted by Crippen LogP contribution is -2.10. The lowest BCUT2D eigenvalue weighted by molar-refractivity contribution is -0.393. The van der Waals surface area contributed by atoms with Gasteiger partial charge in [-0.25, -0.2) is 4.98 Å². The van der Waals surface area contributed by atoms with Crippen molar-refractivity contribution in [3.63, 3.8) is 0 Å². The summed E-state index contributed by atoms with van der Waals surface area (Å²) >= 11 is 0. The third-order valence-corrected chi connectivity index (χ3v) is 2.60. The van der Waals surface area contributed by atoms with Crippen LogP contribution in [0.5, 0.6) is 0 Å². The lowest BCUT2D eigenvalue weighted by atomic mass is 10.2. The monoisotopic (exact) mass is 278 g/mol. The topological polar surface area (TPSA) is 140 Å². The summed E-state index contributed by atoms with van der Waals surface area (Å²) in [5.41, 5.74) is -0.537. The van der Waals surface area contributed by atoms with Crippen molar-refractivity contribution in [2.24, 2.45) is 0 Å². The average molecular weight is 278 g/mol. The number of rotatable bonds is 5. The molecule has 1 atom stereocenters. The molecule has 0 fully saturated rings. The maximum absolute atomic E-state index is 11.0. The van der Waals surface area contributed by atoms with E-state index in [9.17, 15) is 20.2 Å². The van der Waals surface area contributed by atoms with Gasteiger partial charge in [0, 0.05) is 6.07 Å². The zero-order chi connectivity index (χ0) is 14.7. The molecule has 0 amide bonds. The molecule has 0 bridgehead atoms. The predicted molar refractivity (Wildman–Crippen MR) is 68.2 cm³/mol. The smallest absolute Gasteiger partial charge is 0.299 e. The first-order chi connectivity index (χ1) is 9.49. The number of benzene rings is 1. The van der Waals surface area contributed by atoms with Gasteiger partial charge in [-0.15, -0.1) is 0 Å². The molecule has 0 saturated heterocycles. The largest absolute Gasteiger partial charge is 0.370 e. The Morgan fingerprint density at radius 3 is 2.60 bits per heavy atom. The summed E-state index contributed by atoms with van der Waals surface area (Å²) in [7, 11) is 0. The van der Waals surface area contributed by atoms with Gasteiger partial charge in [0.1, 0.15) is 17.8 Å². The van der Waals surface area contributed by atoms with Crippen LogP contribution in [0.2, 0.25) is 0 Å². The summed E-state index contributed by atoms with van der Waals surface area (Å²) < 4.78 is 0. The maximum atomic E-state index is 11.0. The van der Waals surface area contributed by atoms with Crippen LogP contribution >= 0.6 is 0 Å². The first-order valence-electron chi connectivity index (χ1n) is 5.53. The zero-order valence-electron chi connectivity index (χ0n) is 10.3. The quantitative estimate of drug-likeness (QED) is 0.627. The van der Waals surface area contributed by atoms with E-state index in [1.807, 2.05) is 0 Å². The van der Waals surface area contributed by atoms with Crippen molar-refractivity contribution in [3.05, 3.63) is 50.6 Å². The van der Waals surface area contributed by atoms with Crippen molar-refractivity contribution in [2.45, 2.75) is 13.0 Å². The highest BCUT2D eigenvalue weighted by Gasteiger charge is 2.21. The van der Waals surface area contributed by atoms with E-state index >= 15 is 0 Å². The molecule has 1 aromatic carbocycles. The van der Waals surface area contributed by atoms with Crippen LogP contribution in [0, 0.1) is 20.2 Å². The summed E-state index contributed by atoms with van der Waals surface area (Å²) in [6, 6.07) is 3.04. The van der Waals surface area contributed by atoms with Crippen LogP contribution < -0.4 is 5.32 Å². The predicted octanol–water partition coefficient (Wildman–Crippen LogP) is 1.79. The minimum Gasteiger partial charge on any atom is -0.370 e. The van der Waals surface area contributed by atoms with Crippen molar-refractivity contribution in [3.8, 4) is 0 Å². The zero-order valence-corrected chi connectivity index (χ0v) is 10.3.